The van der Waals surface area contributed by atoms with E-state index >= 15 is 0 Å². The van der Waals surface area contributed by atoms with Crippen LogP contribution in [0.4, 0.5) is 0 Å². The third kappa shape index (κ3) is 31.8. The van der Waals surface area contributed by atoms with Crippen LogP contribution in [0.15, 0.2) is 0 Å². The Morgan fingerprint density at radius 1 is 1.00 bits per heavy atom. The Kier molecular flexibility index (Phi) is 25.4. The number of rotatable bonds is 0. The lowest BCUT2D eigenvalue weighted by Gasteiger charge is -2.15. The van der Waals surface area contributed by atoms with Gasteiger partial charge in [-0.05, 0) is 5.92 Å². The van der Waals surface area contributed by atoms with E-state index in [1.54, 1.807) is 0 Å². The maximum absolute atomic E-state index is 9.00. The maximum atomic E-state index is 9.00. The summed E-state index contributed by atoms with van der Waals surface area (Å²) in [4.78, 5) is 9.00. The van der Waals surface area contributed by atoms with E-state index in [1.165, 1.54) is 32.1 Å². The molecule has 0 aromatic heterocycles. The fourth-order valence-electron chi connectivity index (χ4n) is 1.31. The van der Waals surface area contributed by atoms with Gasteiger partial charge in [-0.1, -0.05) is 66.7 Å². The van der Waals surface area contributed by atoms with E-state index in [0.717, 1.165) is 12.8 Å². The minimum absolute atomic E-state index is 0.833. The fraction of sp³-hybridized carbons (Fsp3) is 0.923. The second-order valence-corrected chi connectivity index (χ2v) is 3.26. The highest BCUT2D eigenvalue weighted by atomic mass is 16.4. The van der Waals surface area contributed by atoms with Crippen molar-refractivity contribution < 1.29 is 9.90 Å². The Bertz CT molecular complexity index is 101. The Balaban J connectivity index is -0.000000156. The first-order valence-electron chi connectivity index (χ1n) is 6.32. The lowest BCUT2D eigenvalue weighted by atomic mass is 9.91. The zero-order valence-electron chi connectivity index (χ0n) is 11.5. The largest absolute Gasteiger partial charge is 0.481 e. The van der Waals surface area contributed by atoms with Crippen LogP contribution in [-0.4, -0.2) is 11.1 Å². The molecule has 1 N–H and O–H groups in total. The molecular weight excluding hydrogens is 188 g/mol. The lowest BCUT2D eigenvalue weighted by molar-refractivity contribution is -0.134. The highest BCUT2D eigenvalue weighted by Gasteiger charge is 2.05. The molecule has 0 atom stereocenters. The average molecular weight is 218 g/mol. The van der Waals surface area contributed by atoms with Crippen LogP contribution < -0.4 is 0 Å². The standard InChI is InChI=1S/C7H14.C2H4O2.2C2H6/c1-7-5-3-2-4-6-7;1-2(3)4;2*1-2/h7H,2-6H2,1H3;1H3,(H,3,4);2*1-2H3. The topological polar surface area (TPSA) is 37.3 Å². The van der Waals surface area contributed by atoms with Gasteiger partial charge in [0.05, 0.1) is 0 Å². The average Bonchev–Trinajstić information content (AvgIpc) is 2.24. The molecule has 0 radical (unpaired) electrons. The van der Waals surface area contributed by atoms with E-state index in [1.807, 2.05) is 27.7 Å². The van der Waals surface area contributed by atoms with Crippen LogP contribution >= 0.6 is 0 Å². The second kappa shape index (κ2) is 19.1. The van der Waals surface area contributed by atoms with Crippen molar-refractivity contribution in [3.05, 3.63) is 0 Å². The van der Waals surface area contributed by atoms with E-state index in [-0.39, 0.29) is 0 Å². The summed E-state index contributed by atoms with van der Waals surface area (Å²) >= 11 is 0. The van der Waals surface area contributed by atoms with Crippen LogP contribution in [0, 0.1) is 5.92 Å². The summed E-state index contributed by atoms with van der Waals surface area (Å²) in [6.45, 7) is 11.4. The Labute approximate surface area is 96.1 Å². The molecule has 1 rings (SSSR count). The zero-order chi connectivity index (χ0) is 12.7. The van der Waals surface area contributed by atoms with Crippen LogP contribution in [-0.2, 0) is 4.79 Å². The van der Waals surface area contributed by atoms with E-state index < -0.39 is 5.97 Å². The van der Waals surface area contributed by atoms with Gasteiger partial charge in [0.2, 0.25) is 0 Å². The van der Waals surface area contributed by atoms with Crippen molar-refractivity contribution in [3.8, 4) is 0 Å². The summed E-state index contributed by atoms with van der Waals surface area (Å²) < 4.78 is 0. The molecule has 2 nitrogen and oxygen atoms in total. The normalized spacial score (nSPS) is 14.3. The highest BCUT2D eigenvalue weighted by molar-refractivity contribution is 5.62. The van der Waals surface area contributed by atoms with Crippen molar-refractivity contribution in [2.75, 3.05) is 0 Å². The first-order valence-corrected chi connectivity index (χ1v) is 6.32. The Morgan fingerprint density at radius 2 is 1.27 bits per heavy atom. The first-order chi connectivity index (χ1) is 7.13. The molecular formula is C13H30O2. The molecule has 15 heavy (non-hydrogen) atoms. The number of carbonyl (C=O) groups is 1. The highest BCUT2D eigenvalue weighted by Crippen LogP contribution is 2.21. The summed E-state index contributed by atoms with van der Waals surface area (Å²) in [6, 6.07) is 0. The number of carboxylic acid groups (broad SMARTS) is 1. The van der Waals surface area contributed by atoms with Crippen molar-refractivity contribution in [1.82, 2.24) is 0 Å². The maximum Gasteiger partial charge on any atom is 0.300 e. The van der Waals surface area contributed by atoms with Crippen LogP contribution in [0.2, 0.25) is 0 Å². The number of hydrogen-bond donors (Lipinski definition) is 1. The molecule has 2 heteroatoms. The monoisotopic (exact) mass is 218 g/mol. The molecule has 1 aliphatic carbocycles. The number of hydrogen-bond acceptors (Lipinski definition) is 1. The van der Waals surface area contributed by atoms with Gasteiger partial charge in [0, 0.05) is 6.92 Å². The molecule has 1 saturated carbocycles. The summed E-state index contributed by atoms with van der Waals surface area (Å²) in [6.07, 6.45) is 7.44. The van der Waals surface area contributed by atoms with Crippen LogP contribution in [0.3, 0.4) is 0 Å². The van der Waals surface area contributed by atoms with E-state index in [4.69, 9.17) is 9.90 Å². The first kappa shape index (κ1) is 20.0. The van der Waals surface area contributed by atoms with Crippen molar-refractivity contribution in [2.45, 2.75) is 73.6 Å². The van der Waals surface area contributed by atoms with Crippen LogP contribution in [0.5, 0.6) is 0 Å². The quantitative estimate of drug-likeness (QED) is 0.638. The Hall–Kier alpha value is -0.530. The van der Waals surface area contributed by atoms with Crippen molar-refractivity contribution in [2.24, 2.45) is 5.92 Å². The zero-order valence-corrected chi connectivity index (χ0v) is 11.5. The van der Waals surface area contributed by atoms with Gasteiger partial charge >= 0.3 is 0 Å². The van der Waals surface area contributed by atoms with E-state index in [9.17, 15) is 0 Å². The lowest BCUT2D eigenvalue weighted by Crippen LogP contribution is -1.99. The van der Waals surface area contributed by atoms with Gasteiger partial charge in [-0.15, -0.1) is 0 Å². The minimum atomic E-state index is -0.833. The molecule has 0 heterocycles. The van der Waals surface area contributed by atoms with Crippen LogP contribution in [0.1, 0.15) is 73.6 Å². The summed E-state index contributed by atoms with van der Waals surface area (Å²) in [5.74, 6) is 0.203. The summed E-state index contributed by atoms with van der Waals surface area (Å²) in [7, 11) is 0. The molecule has 1 aliphatic rings. The molecule has 0 unspecified atom stereocenters. The van der Waals surface area contributed by atoms with Gasteiger partial charge in [-0.3, -0.25) is 4.79 Å². The summed E-state index contributed by atoms with van der Waals surface area (Å²) in [5.41, 5.74) is 0. The molecule has 0 aliphatic heterocycles. The van der Waals surface area contributed by atoms with E-state index in [0.29, 0.717) is 0 Å². The molecule has 0 aromatic rings. The van der Waals surface area contributed by atoms with Crippen molar-refractivity contribution >= 4 is 5.97 Å². The predicted octanol–water partition coefficient (Wildman–Crippen LogP) is 4.73. The fourth-order valence-corrected chi connectivity index (χ4v) is 1.31. The molecule has 1 fully saturated rings. The third-order valence-corrected chi connectivity index (χ3v) is 1.89. The van der Waals surface area contributed by atoms with Gasteiger partial charge < -0.3 is 5.11 Å². The smallest absolute Gasteiger partial charge is 0.300 e. The molecule has 0 aromatic carbocycles. The van der Waals surface area contributed by atoms with Crippen molar-refractivity contribution in [1.29, 1.82) is 0 Å². The number of carboxylic acids is 1. The Morgan fingerprint density at radius 3 is 1.40 bits per heavy atom. The second-order valence-electron chi connectivity index (χ2n) is 3.26. The van der Waals surface area contributed by atoms with Gasteiger partial charge in [-0.25, -0.2) is 0 Å². The molecule has 94 valence electrons. The number of aliphatic carboxylic acids is 1. The van der Waals surface area contributed by atoms with Gasteiger partial charge in [0.25, 0.3) is 5.97 Å². The predicted molar refractivity (Wildman–Crippen MR) is 68.3 cm³/mol. The molecule has 0 saturated heterocycles. The van der Waals surface area contributed by atoms with Gasteiger partial charge in [-0.2, -0.15) is 0 Å². The minimum Gasteiger partial charge on any atom is -0.481 e. The van der Waals surface area contributed by atoms with E-state index in [2.05, 4.69) is 6.92 Å². The van der Waals surface area contributed by atoms with Gasteiger partial charge in [0.1, 0.15) is 0 Å². The molecule has 0 amide bonds. The summed E-state index contributed by atoms with van der Waals surface area (Å²) in [5, 5.41) is 7.42. The van der Waals surface area contributed by atoms with Crippen molar-refractivity contribution in [3.63, 3.8) is 0 Å². The van der Waals surface area contributed by atoms with Gasteiger partial charge in [0.15, 0.2) is 0 Å². The SMILES string of the molecule is CC.CC.CC(=O)O.CC1CCCCC1. The third-order valence-electron chi connectivity index (χ3n) is 1.89. The molecule has 0 spiro atoms. The van der Waals surface area contributed by atoms with Crippen LogP contribution in [0.25, 0.3) is 0 Å². The molecule has 0 bridgehead atoms.